The monoisotopic (exact) mass is 172 g/mol. The molecular formula is C9H16O3. The smallest absolute Gasteiger partial charge is 0.334 e. The molecule has 1 rings (SSSR count). The largest absolute Gasteiger partial charge is 0.467 e. The van der Waals surface area contributed by atoms with Gasteiger partial charge in [0, 0.05) is 6.61 Å². The molecule has 0 amide bonds. The highest BCUT2D eigenvalue weighted by Crippen LogP contribution is 2.32. The van der Waals surface area contributed by atoms with Crippen LogP contribution in [0.2, 0.25) is 0 Å². The van der Waals surface area contributed by atoms with Crippen LogP contribution in [0.15, 0.2) is 0 Å². The highest BCUT2D eigenvalue weighted by molar-refractivity contribution is 5.73. The molecule has 0 bridgehead atoms. The van der Waals surface area contributed by atoms with Gasteiger partial charge in [0.15, 0.2) is 6.10 Å². The minimum Gasteiger partial charge on any atom is -0.467 e. The van der Waals surface area contributed by atoms with Gasteiger partial charge in [-0.1, -0.05) is 12.8 Å². The molecule has 0 saturated heterocycles. The third kappa shape index (κ3) is 3.22. The van der Waals surface area contributed by atoms with Gasteiger partial charge in [0.2, 0.25) is 0 Å². The first kappa shape index (κ1) is 9.52. The van der Waals surface area contributed by atoms with Gasteiger partial charge in [0.05, 0.1) is 7.11 Å². The summed E-state index contributed by atoms with van der Waals surface area (Å²) in [5, 5.41) is 0. The molecule has 1 saturated carbocycles. The molecule has 1 aliphatic rings. The van der Waals surface area contributed by atoms with Crippen molar-refractivity contribution in [2.24, 2.45) is 5.92 Å². The Balaban J connectivity index is 2.00. The van der Waals surface area contributed by atoms with Crippen LogP contribution in [0.25, 0.3) is 0 Å². The van der Waals surface area contributed by atoms with Gasteiger partial charge in [-0.3, -0.25) is 0 Å². The van der Waals surface area contributed by atoms with E-state index < -0.39 is 6.10 Å². The Labute approximate surface area is 73.0 Å². The normalized spacial score (nSPS) is 18.8. The first-order valence-corrected chi connectivity index (χ1v) is 4.43. The number of esters is 1. The van der Waals surface area contributed by atoms with Crippen molar-refractivity contribution in [2.75, 3.05) is 13.7 Å². The second-order valence-electron chi connectivity index (χ2n) is 3.27. The second kappa shape index (κ2) is 4.45. The molecule has 0 spiro atoms. The SMILES string of the molecule is COC(=O)[C@H](C)OCCC1CC1. The van der Waals surface area contributed by atoms with E-state index in [-0.39, 0.29) is 5.97 Å². The zero-order valence-electron chi connectivity index (χ0n) is 7.71. The van der Waals surface area contributed by atoms with E-state index in [9.17, 15) is 4.79 Å². The maximum Gasteiger partial charge on any atom is 0.334 e. The number of hydrogen-bond donors (Lipinski definition) is 0. The Morgan fingerprint density at radius 2 is 2.25 bits per heavy atom. The van der Waals surface area contributed by atoms with E-state index in [2.05, 4.69) is 4.74 Å². The van der Waals surface area contributed by atoms with Gasteiger partial charge in [-0.2, -0.15) is 0 Å². The fourth-order valence-electron chi connectivity index (χ4n) is 1.05. The lowest BCUT2D eigenvalue weighted by molar-refractivity contribution is -0.152. The van der Waals surface area contributed by atoms with Crippen molar-refractivity contribution in [1.82, 2.24) is 0 Å². The molecule has 0 aromatic rings. The van der Waals surface area contributed by atoms with Gasteiger partial charge in [-0.25, -0.2) is 4.79 Å². The van der Waals surface area contributed by atoms with Gasteiger partial charge in [-0.05, 0) is 19.3 Å². The summed E-state index contributed by atoms with van der Waals surface area (Å²) in [6, 6.07) is 0. The Morgan fingerprint density at radius 1 is 1.58 bits per heavy atom. The second-order valence-corrected chi connectivity index (χ2v) is 3.27. The maximum absolute atomic E-state index is 10.9. The van der Waals surface area contributed by atoms with Crippen molar-refractivity contribution < 1.29 is 14.3 Å². The summed E-state index contributed by atoms with van der Waals surface area (Å²) in [5.41, 5.74) is 0. The lowest BCUT2D eigenvalue weighted by Gasteiger charge is -2.09. The van der Waals surface area contributed by atoms with E-state index in [1.54, 1.807) is 6.92 Å². The maximum atomic E-state index is 10.9. The van der Waals surface area contributed by atoms with E-state index in [0.29, 0.717) is 6.61 Å². The third-order valence-corrected chi connectivity index (χ3v) is 2.12. The Morgan fingerprint density at radius 3 is 2.75 bits per heavy atom. The van der Waals surface area contributed by atoms with E-state index in [1.165, 1.54) is 20.0 Å². The van der Waals surface area contributed by atoms with Gasteiger partial charge in [-0.15, -0.1) is 0 Å². The summed E-state index contributed by atoms with van der Waals surface area (Å²) < 4.78 is 9.79. The fourth-order valence-corrected chi connectivity index (χ4v) is 1.05. The molecule has 0 heterocycles. The minimum atomic E-state index is -0.409. The molecule has 1 aliphatic carbocycles. The average Bonchev–Trinajstić information content (AvgIpc) is 2.86. The summed E-state index contributed by atoms with van der Waals surface area (Å²) >= 11 is 0. The van der Waals surface area contributed by atoms with E-state index >= 15 is 0 Å². The predicted molar refractivity (Wildman–Crippen MR) is 44.8 cm³/mol. The fraction of sp³-hybridized carbons (Fsp3) is 0.889. The number of rotatable bonds is 5. The van der Waals surface area contributed by atoms with Crippen molar-refractivity contribution in [3.63, 3.8) is 0 Å². The summed E-state index contributed by atoms with van der Waals surface area (Å²) in [5.74, 6) is 0.570. The zero-order valence-corrected chi connectivity index (χ0v) is 7.71. The number of hydrogen-bond acceptors (Lipinski definition) is 3. The molecular weight excluding hydrogens is 156 g/mol. The average molecular weight is 172 g/mol. The van der Waals surface area contributed by atoms with Crippen LogP contribution in [0.5, 0.6) is 0 Å². The molecule has 0 aromatic carbocycles. The molecule has 1 atom stereocenters. The topological polar surface area (TPSA) is 35.5 Å². The Hall–Kier alpha value is -0.570. The molecule has 1 fully saturated rings. The van der Waals surface area contributed by atoms with Crippen LogP contribution in [-0.2, 0) is 14.3 Å². The van der Waals surface area contributed by atoms with E-state index in [4.69, 9.17) is 4.74 Å². The van der Waals surface area contributed by atoms with Crippen LogP contribution >= 0.6 is 0 Å². The molecule has 3 heteroatoms. The van der Waals surface area contributed by atoms with Crippen molar-refractivity contribution in [2.45, 2.75) is 32.3 Å². The van der Waals surface area contributed by atoms with Crippen LogP contribution in [-0.4, -0.2) is 25.8 Å². The number of carbonyl (C=O) groups is 1. The molecule has 12 heavy (non-hydrogen) atoms. The number of carbonyl (C=O) groups excluding carboxylic acids is 1. The van der Waals surface area contributed by atoms with E-state index in [0.717, 1.165) is 12.3 Å². The van der Waals surface area contributed by atoms with Crippen LogP contribution in [0.1, 0.15) is 26.2 Å². The molecule has 0 aromatic heterocycles. The minimum absolute atomic E-state index is 0.286. The van der Waals surface area contributed by atoms with Crippen molar-refractivity contribution in [1.29, 1.82) is 0 Å². The lowest BCUT2D eigenvalue weighted by atomic mass is 10.3. The summed E-state index contributed by atoms with van der Waals surface area (Å²) in [6.07, 6.45) is 3.33. The molecule has 0 aliphatic heterocycles. The standard InChI is InChI=1S/C9H16O3/c1-7(9(10)11-2)12-6-5-8-3-4-8/h7-8H,3-6H2,1-2H3/t7-/m0/s1. The summed E-state index contributed by atoms with van der Waals surface area (Å²) in [6.45, 7) is 2.40. The zero-order chi connectivity index (χ0) is 8.97. The predicted octanol–water partition coefficient (Wildman–Crippen LogP) is 1.36. The quantitative estimate of drug-likeness (QED) is 0.587. The van der Waals surface area contributed by atoms with Gasteiger partial charge >= 0.3 is 5.97 Å². The van der Waals surface area contributed by atoms with Gasteiger partial charge in [0.25, 0.3) is 0 Å². The van der Waals surface area contributed by atoms with E-state index in [1.807, 2.05) is 0 Å². The molecule has 0 unspecified atom stereocenters. The third-order valence-electron chi connectivity index (χ3n) is 2.12. The van der Waals surface area contributed by atoms with Crippen molar-refractivity contribution >= 4 is 5.97 Å². The van der Waals surface area contributed by atoms with Crippen LogP contribution in [0.4, 0.5) is 0 Å². The van der Waals surface area contributed by atoms with Crippen LogP contribution < -0.4 is 0 Å². The van der Waals surface area contributed by atoms with Crippen LogP contribution in [0.3, 0.4) is 0 Å². The summed E-state index contributed by atoms with van der Waals surface area (Å²) in [7, 11) is 1.38. The Kier molecular flexibility index (Phi) is 3.53. The first-order chi connectivity index (χ1) is 5.74. The van der Waals surface area contributed by atoms with Gasteiger partial charge in [0.1, 0.15) is 0 Å². The molecule has 3 nitrogen and oxygen atoms in total. The molecule has 0 N–H and O–H groups in total. The van der Waals surface area contributed by atoms with Crippen molar-refractivity contribution in [3.05, 3.63) is 0 Å². The van der Waals surface area contributed by atoms with Crippen molar-refractivity contribution in [3.8, 4) is 0 Å². The van der Waals surface area contributed by atoms with Crippen LogP contribution in [0, 0.1) is 5.92 Å². The van der Waals surface area contributed by atoms with Gasteiger partial charge < -0.3 is 9.47 Å². The molecule has 70 valence electrons. The number of ether oxygens (including phenoxy) is 2. The lowest BCUT2D eigenvalue weighted by Crippen LogP contribution is -2.22. The highest BCUT2D eigenvalue weighted by Gasteiger charge is 2.21. The first-order valence-electron chi connectivity index (χ1n) is 4.43. The highest BCUT2D eigenvalue weighted by atomic mass is 16.6. The number of methoxy groups -OCH3 is 1. The summed E-state index contributed by atoms with van der Waals surface area (Å²) in [4.78, 5) is 10.9. The Bertz CT molecular complexity index is 152. The molecule has 0 radical (unpaired) electrons.